The normalized spacial score (nSPS) is 16.6. The molecule has 1 aliphatic rings. The van der Waals surface area contributed by atoms with E-state index in [2.05, 4.69) is 15.4 Å². The Hall–Kier alpha value is -3.46. The number of hydrogen-bond acceptors (Lipinski definition) is 6. The number of benzene rings is 1. The van der Waals surface area contributed by atoms with Gasteiger partial charge in [0, 0.05) is 18.4 Å². The number of aliphatic hydroxyl groups excluding tert-OH is 1. The van der Waals surface area contributed by atoms with Crippen molar-refractivity contribution in [3.63, 3.8) is 0 Å². The van der Waals surface area contributed by atoms with Gasteiger partial charge < -0.3 is 19.9 Å². The topological polar surface area (TPSA) is 83.5 Å². The van der Waals surface area contributed by atoms with Crippen LogP contribution in [0.2, 0.25) is 0 Å². The zero-order valence-electron chi connectivity index (χ0n) is 15.6. The lowest BCUT2D eigenvalue weighted by Gasteiger charge is -2.23. The molecule has 1 saturated heterocycles. The summed E-state index contributed by atoms with van der Waals surface area (Å²) in [4.78, 5) is 11.2. The van der Waals surface area contributed by atoms with Crippen LogP contribution in [0, 0.1) is 5.82 Å². The highest BCUT2D eigenvalue weighted by atomic mass is 19.1. The van der Waals surface area contributed by atoms with E-state index in [4.69, 9.17) is 4.98 Å². The minimum atomic E-state index is -0.278. The maximum atomic E-state index is 13.2. The van der Waals surface area contributed by atoms with Gasteiger partial charge in [0.05, 0.1) is 18.8 Å². The third kappa shape index (κ3) is 3.29. The van der Waals surface area contributed by atoms with Crippen LogP contribution in [0.5, 0.6) is 0 Å². The van der Waals surface area contributed by atoms with Gasteiger partial charge in [0.15, 0.2) is 5.82 Å². The van der Waals surface area contributed by atoms with Crippen LogP contribution < -0.4 is 10.2 Å². The Morgan fingerprint density at radius 2 is 2.07 bits per heavy atom. The van der Waals surface area contributed by atoms with Crippen molar-refractivity contribution in [1.82, 2.24) is 24.1 Å². The summed E-state index contributed by atoms with van der Waals surface area (Å²) in [6.45, 7) is 0.897. The van der Waals surface area contributed by atoms with Crippen molar-refractivity contribution in [1.29, 1.82) is 0 Å². The molecule has 0 radical (unpaired) electrons. The van der Waals surface area contributed by atoms with Crippen LogP contribution in [0.1, 0.15) is 12.8 Å². The molecule has 29 heavy (non-hydrogen) atoms. The summed E-state index contributed by atoms with van der Waals surface area (Å²) in [5, 5.41) is 17.5. The number of nitrogens with zero attached hydrogens (tertiary/aromatic N) is 6. The molecule has 4 aromatic rings. The van der Waals surface area contributed by atoms with Crippen molar-refractivity contribution in [2.45, 2.75) is 18.9 Å². The molecule has 8 nitrogen and oxygen atoms in total. The number of fused-ring (bicyclic) bond motifs is 1. The minimum absolute atomic E-state index is 0.0357. The highest BCUT2D eigenvalue weighted by Gasteiger charge is 2.27. The van der Waals surface area contributed by atoms with Gasteiger partial charge in [0.2, 0.25) is 5.95 Å². The molecule has 9 heteroatoms. The average Bonchev–Trinajstić information content (AvgIpc) is 3.48. The summed E-state index contributed by atoms with van der Waals surface area (Å²) >= 11 is 0. The van der Waals surface area contributed by atoms with Gasteiger partial charge in [0.25, 0.3) is 0 Å². The zero-order chi connectivity index (χ0) is 19.8. The van der Waals surface area contributed by atoms with Gasteiger partial charge in [0.1, 0.15) is 23.5 Å². The molecule has 4 heterocycles. The number of aromatic nitrogens is 5. The van der Waals surface area contributed by atoms with Crippen molar-refractivity contribution in [3.05, 3.63) is 60.9 Å². The highest BCUT2D eigenvalue weighted by Crippen LogP contribution is 2.26. The Bertz CT molecular complexity index is 1140. The Labute approximate surface area is 166 Å². The summed E-state index contributed by atoms with van der Waals surface area (Å²) in [7, 11) is 0. The quantitative estimate of drug-likeness (QED) is 0.543. The van der Waals surface area contributed by atoms with E-state index in [9.17, 15) is 9.50 Å². The molecule has 0 unspecified atom stereocenters. The predicted octanol–water partition coefficient (Wildman–Crippen LogP) is 2.76. The summed E-state index contributed by atoms with van der Waals surface area (Å²) in [5.74, 6) is 1.54. The monoisotopic (exact) mass is 393 g/mol. The molecule has 148 valence electrons. The smallest absolute Gasteiger partial charge is 0.245 e. The fraction of sp³-hybridized carbons (Fsp3) is 0.250. The lowest BCUT2D eigenvalue weighted by Crippen LogP contribution is -2.34. The summed E-state index contributed by atoms with van der Waals surface area (Å²) in [5.41, 5.74) is 1.64. The van der Waals surface area contributed by atoms with Crippen LogP contribution >= 0.6 is 0 Å². The number of aliphatic hydroxyl groups is 1. The Morgan fingerprint density at radius 1 is 1.21 bits per heavy atom. The number of rotatable bonds is 5. The third-order valence-electron chi connectivity index (χ3n) is 5.18. The molecule has 0 bridgehead atoms. The van der Waals surface area contributed by atoms with E-state index < -0.39 is 0 Å². The summed E-state index contributed by atoms with van der Waals surface area (Å²) in [6.07, 6.45) is 7.28. The first-order valence-corrected chi connectivity index (χ1v) is 9.51. The number of anilines is 3. The van der Waals surface area contributed by atoms with Crippen LogP contribution in [0.15, 0.2) is 55.1 Å². The molecule has 0 saturated carbocycles. The van der Waals surface area contributed by atoms with Gasteiger partial charge in [-0.25, -0.2) is 13.9 Å². The van der Waals surface area contributed by atoms with E-state index in [0.29, 0.717) is 17.6 Å². The van der Waals surface area contributed by atoms with Crippen molar-refractivity contribution in [3.8, 4) is 5.69 Å². The van der Waals surface area contributed by atoms with Gasteiger partial charge >= 0.3 is 0 Å². The molecular weight excluding hydrogens is 373 g/mol. The summed E-state index contributed by atoms with van der Waals surface area (Å²) in [6, 6.07) is 10.1. The Morgan fingerprint density at radius 3 is 2.90 bits per heavy atom. The average molecular weight is 393 g/mol. The van der Waals surface area contributed by atoms with Crippen molar-refractivity contribution in [2.24, 2.45) is 0 Å². The molecule has 1 fully saturated rings. The van der Waals surface area contributed by atoms with E-state index in [0.717, 1.165) is 30.6 Å². The van der Waals surface area contributed by atoms with E-state index in [1.54, 1.807) is 23.0 Å². The third-order valence-corrected chi connectivity index (χ3v) is 5.18. The van der Waals surface area contributed by atoms with Gasteiger partial charge in [-0.05, 0) is 49.2 Å². The van der Waals surface area contributed by atoms with Gasteiger partial charge in [-0.15, -0.1) is 5.10 Å². The molecule has 5 rings (SSSR count). The fourth-order valence-corrected chi connectivity index (χ4v) is 3.69. The second-order valence-corrected chi connectivity index (χ2v) is 7.04. The maximum Gasteiger partial charge on any atom is 0.245 e. The van der Waals surface area contributed by atoms with Crippen LogP contribution in [0.25, 0.3) is 11.2 Å². The van der Waals surface area contributed by atoms with E-state index in [1.165, 1.54) is 12.1 Å². The number of imidazole rings is 1. The number of nitrogens with one attached hydrogen (secondary N) is 1. The fourth-order valence-electron chi connectivity index (χ4n) is 3.69. The lowest BCUT2D eigenvalue weighted by atomic mass is 10.2. The van der Waals surface area contributed by atoms with Crippen LogP contribution in [0.3, 0.4) is 0 Å². The molecule has 3 aromatic heterocycles. The minimum Gasteiger partial charge on any atom is -0.394 e. The molecule has 0 spiro atoms. The SMILES string of the molecule is OC[C@@H]1CCCN1c1nc(Nc2cn(-c3ccc(F)cc3)cn2)c2cccn2n1. The second-order valence-electron chi connectivity index (χ2n) is 7.04. The molecule has 1 atom stereocenters. The molecule has 1 aromatic carbocycles. The van der Waals surface area contributed by atoms with E-state index >= 15 is 0 Å². The first-order chi connectivity index (χ1) is 14.2. The van der Waals surface area contributed by atoms with Crippen molar-refractivity contribution in [2.75, 3.05) is 23.4 Å². The lowest BCUT2D eigenvalue weighted by molar-refractivity contribution is 0.265. The van der Waals surface area contributed by atoms with Crippen molar-refractivity contribution >= 4 is 23.1 Å². The first-order valence-electron chi connectivity index (χ1n) is 9.51. The van der Waals surface area contributed by atoms with Crippen molar-refractivity contribution < 1.29 is 9.50 Å². The molecular formula is C20H20FN7O. The molecule has 0 aliphatic carbocycles. The number of hydrogen-bond donors (Lipinski definition) is 2. The largest absolute Gasteiger partial charge is 0.394 e. The molecule has 1 aliphatic heterocycles. The number of halogens is 1. The Balaban J connectivity index is 1.47. The highest BCUT2D eigenvalue weighted by molar-refractivity contribution is 5.73. The van der Waals surface area contributed by atoms with Crippen LogP contribution in [0.4, 0.5) is 22.0 Å². The van der Waals surface area contributed by atoms with Crippen LogP contribution in [-0.2, 0) is 0 Å². The predicted molar refractivity (Wildman–Crippen MR) is 107 cm³/mol. The standard InChI is InChI=1S/C20H20FN7O/c21-14-5-7-15(8-6-14)26-11-18(22-13-26)23-19-17-4-2-10-28(17)25-20(24-19)27-9-1-3-16(27)12-29/h2,4-8,10-11,13,16,29H,1,3,9,12H2,(H,23,24,25)/t16-/m0/s1. The first kappa shape index (κ1) is 17.6. The maximum absolute atomic E-state index is 13.2. The zero-order valence-corrected chi connectivity index (χ0v) is 15.6. The summed E-state index contributed by atoms with van der Waals surface area (Å²) < 4.78 is 16.7. The van der Waals surface area contributed by atoms with Gasteiger partial charge in [-0.1, -0.05) is 0 Å². The molecule has 0 amide bonds. The Kier molecular flexibility index (Phi) is 4.36. The van der Waals surface area contributed by atoms with E-state index in [-0.39, 0.29) is 18.5 Å². The second kappa shape index (κ2) is 7.17. The van der Waals surface area contributed by atoms with Crippen LogP contribution in [-0.4, -0.2) is 48.4 Å². The van der Waals surface area contributed by atoms with Gasteiger partial charge in [-0.3, -0.25) is 0 Å². The van der Waals surface area contributed by atoms with E-state index in [1.807, 2.05) is 34.0 Å². The molecule has 2 N–H and O–H groups in total. The van der Waals surface area contributed by atoms with Gasteiger partial charge in [-0.2, -0.15) is 4.98 Å².